The van der Waals surface area contributed by atoms with Gasteiger partial charge in [-0.1, -0.05) is 66.7 Å². The Hall–Kier alpha value is -2.51. The van der Waals surface area contributed by atoms with Crippen LogP contribution in [0.4, 0.5) is 0 Å². The molecule has 3 nitrogen and oxygen atoms in total. The zero-order valence-electron chi connectivity index (χ0n) is 13.7. The molecule has 24 heavy (non-hydrogen) atoms. The molecular formula is C20H19O3P. The molecule has 3 rings (SSSR count). The maximum Gasteiger partial charge on any atom is 0.178 e. The third kappa shape index (κ3) is 2.72. The van der Waals surface area contributed by atoms with Crippen molar-refractivity contribution in [1.82, 2.24) is 0 Å². The van der Waals surface area contributed by atoms with E-state index in [0.717, 1.165) is 10.6 Å². The third-order valence-corrected chi connectivity index (χ3v) is 7.08. The van der Waals surface area contributed by atoms with Crippen molar-refractivity contribution in [1.29, 1.82) is 0 Å². The van der Waals surface area contributed by atoms with E-state index in [1.165, 1.54) is 0 Å². The van der Waals surface area contributed by atoms with Crippen molar-refractivity contribution >= 4 is 23.1 Å². The highest BCUT2D eigenvalue weighted by Gasteiger charge is 2.35. The first-order valence-corrected chi connectivity index (χ1v) is 9.35. The lowest BCUT2D eigenvalue weighted by Gasteiger charge is -2.23. The molecule has 3 aromatic carbocycles. The fourth-order valence-electron chi connectivity index (χ4n) is 2.83. The Kier molecular flexibility index (Phi) is 4.73. The van der Waals surface area contributed by atoms with Crippen LogP contribution in [0.2, 0.25) is 0 Å². The molecule has 122 valence electrons. The average Bonchev–Trinajstić information content (AvgIpc) is 2.68. The Balaban J connectivity index is 2.39. The van der Waals surface area contributed by atoms with Gasteiger partial charge < -0.3 is 14.0 Å². The van der Waals surface area contributed by atoms with E-state index < -0.39 is 7.14 Å². The van der Waals surface area contributed by atoms with E-state index in [1.54, 1.807) is 14.2 Å². The van der Waals surface area contributed by atoms with Gasteiger partial charge in [-0.15, -0.1) is 0 Å². The van der Waals surface area contributed by atoms with Gasteiger partial charge in [0.25, 0.3) is 0 Å². The molecule has 0 aliphatic carbocycles. The van der Waals surface area contributed by atoms with E-state index in [-0.39, 0.29) is 0 Å². The second-order valence-electron chi connectivity index (χ2n) is 5.29. The summed E-state index contributed by atoms with van der Waals surface area (Å²) < 4.78 is 25.5. The minimum atomic E-state index is -3.13. The molecule has 0 atom stereocenters. The Bertz CT molecular complexity index is 795. The SMILES string of the molecule is COc1cccc(OC)c1P(=O)(c1ccccc1)c1ccccc1. The van der Waals surface area contributed by atoms with Crippen LogP contribution < -0.4 is 25.4 Å². The van der Waals surface area contributed by atoms with Crippen LogP contribution in [0.5, 0.6) is 11.5 Å². The van der Waals surface area contributed by atoms with Crippen LogP contribution in [0.3, 0.4) is 0 Å². The van der Waals surface area contributed by atoms with Crippen molar-refractivity contribution in [2.24, 2.45) is 0 Å². The van der Waals surface area contributed by atoms with Crippen molar-refractivity contribution in [3.63, 3.8) is 0 Å². The van der Waals surface area contributed by atoms with Crippen molar-refractivity contribution in [3.05, 3.63) is 78.9 Å². The van der Waals surface area contributed by atoms with Crippen LogP contribution in [0.1, 0.15) is 0 Å². The van der Waals surface area contributed by atoms with Crippen molar-refractivity contribution in [2.45, 2.75) is 0 Å². The van der Waals surface area contributed by atoms with Gasteiger partial charge in [0, 0.05) is 10.6 Å². The van der Waals surface area contributed by atoms with E-state index in [2.05, 4.69) is 0 Å². The minimum absolute atomic E-state index is 0.561. The summed E-state index contributed by atoms with van der Waals surface area (Å²) in [6, 6.07) is 24.4. The molecular weight excluding hydrogens is 319 g/mol. The summed E-state index contributed by atoms with van der Waals surface area (Å²) in [4.78, 5) is 0. The lowest BCUT2D eigenvalue weighted by atomic mass is 10.3. The fourth-order valence-corrected chi connectivity index (χ4v) is 5.78. The zero-order valence-corrected chi connectivity index (χ0v) is 14.6. The standard InChI is InChI=1S/C20H19O3P/c1-22-18-14-9-15-19(23-2)20(18)24(21,16-10-5-3-6-11-16)17-12-7-4-8-13-17/h3-15H,1-2H3. The van der Waals surface area contributed by atoms with E-state index in [0.29, 0.717) is 16.8 Å². The molecule has 0 aliphatic rings. The summed E-state index contributed by atoms with van der Waals surface area (Å²) in [5, 5.41) is 2.09. The Morgan fingerprint density at radius 3 is 1.42 bits per heavy atom. The van der Waals surface area contributed by atoms with E-state index in [4.69, 9.17) is 9.47 Å². The quantitative estimate of drug-likeness (QED) is 0.670. The van der Waals surface area contributed by atoms with Crippen LogP contribution >= 0.6 is 7.14 Å². The van der Waals surface area contributed by atoms with E-state index in [1.807, 2.05) is 78.9 Å². The number of hydrogen-bond donors (Lipinski definition) is 0. The molecule has 0 aliphatic heterocycles. The summed E-state index contributed by atoms with van der Waals surface area (Å²) >= 11 is 0. The van der Waals surface area contributed by atoms with Crippen molar-refractivity contribution in [3.8, 4) is 11.5 Å². The molecule has 0 unspecified atom stereocenters. The Labute approximate surface area is 142 Å². The molecule has 0 radical (unpaired) electrons. The van der Waals surface area contributed by atoms with E-state index in [9.17, 15) is 4.57 Å². The van der Waals surface area contributed by atoms with Crippen LogP contribution in [0.15, 0.2) is 78.9 Å². The predicted octanol–water partition coefficient (Wildman–Crippen LogP) is 3.34. The van der Waals surface area contributed by atoms with Crippen molar-refractivity contribution in [2.75, 3.05) is 14.2 Å². The second-order valence-corrected chi connectivity index (χ2v) is 7.99. The first kappa shape index (κ1) is 16.4. The van der Waals surface area contributed by atoms with Gasteiger partial charge in [0.15, 0.2) is 7.14 Å². The average molecular weight is 338 g/mol. The molecule has 0 aromatic heterocycles. The number of benzene rings is 3. The molecule has 0 saturated heterocycles. The Morgan fingerprint density at radius 2 is 1.04 bits per heavy atom. The summed E-state index contributed by atoms with van der Waals surface area (Å²) in [5.74, 6) is 1.12. The van der Waals surface area contributed by atoms with Crippen LogP contribution in [-0.2, 0) is 4.57 Å². The molecule has 0 spiro atoms. The van der Waals surface area contributed by atoms with Crippen LogP contribution in [0.25, 0.3) is 0 Å². The van der Waals surface area contributed by atoms with Gasteiger partial charge in [-0.05, 0) is 12.1 Å². The maximum absolute atomic E-state index is 14.4. The molecule has 3 aromatic rings. The zero-order chi connectivity index (χ0) is 17.0. The lowest BCUT2D eigenvalue weighted by molar-refractivity contribution is 0.400. The summed E-state index contributed by atoms with van der Waals surface area (Å²) in [7, 11) is 0.0292. The summed E-state index contributed by atoms with van der Waals surface area (Å²) in [6.45, 7) is 0. The Morgan fingerprint density at radius 1 is 0.625 bits per heavy atom. The highest BCUT2D eigenvalue weighted by molar-refractivity contribution is 7.85. The molecule has 0 saturated carbocycles. The first-order valence-electron chi connectivity index (χ1n) is 7.64. The number of hydrogen-bond acceptors (Lipinski definition) is 3. The van der Waals surface area contributed by atoms with E-state index >= 15 is 0 Å². The monoisotopic (exact) mass is 338 g/mol. The van der Waals surface area contributed by atoms with Crippen LogP contribution in [-0.4, -0.2) is 14.2 Å². The summed E-state index contributed by atoms with van der Waals surface area (Å²) in [6.07, 6.45) is 0. The van der Waals surface area contributed by atoms with Gasteiger partial charge >= 0.3 is 0 Å². The number of methoxy groups -OCH3 is 2. The highest BCUT2D eigenvalue weighted by atomic mass is 31.2. The molecule has 0 fully saturated rings. The minimum Gasteiger partial charge on any atom is -0.496 e. The first-order chi connectivity index (χ1) is 11.7. The van der Waals surface area contributed by atoms with Gasteiger partial charge in [0.2, 0.25) is 0 Å². The second kappa shape index (κ2) is 6.94. The molecule has 0 heterocycles. The van der Waals surface area contributed by atoms with Gasteiger partial charge in [-0.3, -0.25) is 0 Å². The van der Waals surface area contributed by atoms with Gasteiger partial charge in [-0.2, -0.15) is 0 Å². The van der Waals surface area contributed by atoms with Gasteiger partial charge in [-0.25, -0.2) is 0 Å². The van der Waals surface area contributed by atoms with Crippen molar-refractivity contribution < 1.29 is 14.0 Å². The van der Waals surface area contributed by atoms with Crippen LogP contribution in [0, 0.1) is 0 Å². The highest BCUT2D eigenvalue weighted by Crippen LogP contribution is 2.47. The molecule has 0 amide bonds. The summed E-state index contributed by atoms with van der Waals surface area (Å²) in [5.41, 5.74) is 0. The smallest absolute Gasteiger partial charge is 0.178 e. The van der Waals surface area contributed by atoms with Gasteiger partial charge in [0.1, 0.15) is 16.8 Å². The third-order valence-electron chi connectivity index (χ3n) is 3.96. The number of ether oxygens (including phenoxy) is 2. The lowest BCUT2D eigenvalue weighted by Crippen LogP contribution is -2.27. The van der Waals surface area contributed by atoms with Gasteiger partial charge in [0.05, 0.1) is 14.2 Å². The molecule has 0 bridgehead atoms. The topological polar surface area (TPSA) is 35.5 Å². The fraction of sp³-hybridized carbons (Fsp3) is 0.100. The normalized spacial score (nSPS) is 11.1. The molecule has 4 heteroatoms. The predicted molar refractivity (Wildman–Crippen MR) is 98.9 cm³/mol. The largest absolute Gasteiger partial charge is 0.496 e. The molecule has 0 N–H and O–H groups in total. The maximum atomic E-state index is 14.4. The number of rotatable bonds is 5.